The lowest BCUT2D eigenvalue weighted by Crippen LogP contribution is -2.66. The van der Waals surface area contributed by atoms with Crippen LogP contribution in [0.1, 0.15) is 116 Å². The summed E-state index contributed by atoms with van der Waals surface area (Å²) in [6.45, 7) is 10.7. The van der Waals surface area contributed by atoms with E-state index in [9.17, 15) is 67.6 Å². The summed E-state index contributed by atoms with van der Waals surface area (Å²) in [6.07, 6.45) is 2.63. The van der Waals surface area contributed by atoms with E-state index in [4.69, 9.17) is 14.2 Å². The molecule has 4 aromatic rings. The number of imide groups is 2. The van der Waals surface area contributed by atoms with Crippen molar-refractivity contribution in [1.82, 2.24) is 30.1 Å². The third kappa shape index (κ3) is 16.3. The van der Waals surface area contributed by atoms with Crippen molar-refractivity contribution >= 4 is 84.3 Å². The molecule has 530 valence electrons. The molecule has 12 rings (SSSR count). The molecule has 2 bridgehead atoms. The van der Waals surface area contributed by atoms with Crippen LogP contribution < -0.4 is 30.9 Å². The number of piperazine rings is 1. The minimum atomic E-state index is -6.19. The average molecular weight is 1420 g/mol. The van der Waals surface area contributed by atoms with Crippen LogP contribution in [0.2, 0.25) is 0 Å². The molecule has 6 fully saturated rings. The van der Waals surface area contributed by atoms with Gasteiger partial charge < -0.3 is 40.0 Å². The van der Waals surface area contributed by atoms with Crippen LogP contribution in [0.5, 0.6) is 0 Å². The molecule has 5 N–H and O–H groups in total. The largest absolute Gasteiger partial charge is 0.501 e. The fourth-order valence-electron chi connectivity index (χ4n) is 14.5. The lowest BCUT2D eigenvalue weighted by molar-refractivity contribution is -0.250. The Morgan fingerprint density at radius 1 is 0.765 bits per heavy atom. The van der Waals surface area contributed by atoms with Crippen molar-refractivity contribution in [3.8, 4) is 0 Å². The smallest absolute Gasteiger partial charge is 0.446 e. The summed E-state index contributed by atoms with van der Waals surface area (Å²) in [5.41, 5.74) is -2.88. The van der Waals surface area contributed by atoms with Gasteiger partial charge in [-0.3, -0.25) is 39.1 Å². The standard InChI is InChI=1S/C68H82F5N9O13S3/c1-65(2)23-19-45(52(38-65)66-41-67(42-66,43-66)63(69)70)39-80-29-31-81(32-30-80)47-13-11-44(12-14-47)59(84)78-98(91,92)50-15-16-53(56(37-50)97(89,90)68(71,72)73)76-46(40-96-49-7-4-3-5-8-49)20-26-79-27-21-48(22-28-79)95-64(88)75-25-34-94-36-35-93-33-24-74-54-10-6-9-51-58(54)62(87)82(61(51)86)55-17-18-57(83)77-60(55)85/h3-16,37,46,48,55,63,74,76H,17-36,38-43H2,1-2H3,(H,75,88)(H,78,84)(H,77,83,85)/t46-,55?,66?,67?/m1/s1. The van der Waals surface area contributed by atoms with Gasteiger partial charge in [0.2, 0.25) is 18.2 Å². The van der Waals surface area contributed by atoms with E-state index in [2.05, 4.69) is 49.8 Å². The number of alkyl halides is 5. The first kappa shape index (κ1) is 72.0. The van der Waals surface area contributed by atoms with E-state index in [1.807, 2.05) is 35.1 Å². The van der Waals surface area contributed by atoms with Gasteiger partial charge in [-0.25, -0.2) is 35.1 Å². The number of carbonyl (C=O) groups is 6. The number of thioether (sulfide) groups is 1. The van der Waals surface area contributed by atoms with Crippen LogP contribution in [0.4, 0.5) is 43.8 Å². The number of amides is 6. The molecule has 0 radical (unpaired) electrons. The highest BCUT2D eigenvalue weighted by molar-refractivity contribution is 7.99. The molecule has 1 unspecified atom stereocenters. The number of benzene rings is 4. The number of likely N-dealkylation sites (tertiary alicyclic amines) is 1. The predicted molar refractivity (Wildman–Crippen MR) is 355 cm³/mol. The van der Waals surface area contributed by atoms with Crippen LogP contribution in [0, 0.1) is 16.2 Å². The minimum Gasteiger partial charge on any atom is -0.446 e. The Morgan fingerprint density at radius 3 is 2.13 bits per heavy atom. The lowest BCUT2D eigenvalue weighted by Gasteiger charge is -2.72. The summed E-state index contributed by atoms with van der Waals surface area (Å²) in [4.78, 5) is 83.0. The number of sulfone groups is 1. The number of alkyl carbamates (subject to hydrolysis) is 1. The summed E-state index contributed by atoms with van der Waals surface area (Å²) in [7, 11) is -11.1. The Morgan fingerprint density at radius 2 is 1.46 bits per heavy atom. The molecular weight excluding hydrogens is 1340 g/mol. The highest BCUT2D eigenvalue weighted by Gasteiger charge is 2.73. The van der Waals surface area contributed by atoms with Gasteiger partial charge in [0, 0.05) is 111 Å². The zero-order chi connectivity index (χ0) is 69.8. The highest BCUT2D eigenvalue weighted by Crippen LogP contribution is 2.79. The van der Waals surface area contributed by atoms with E-state index in [0.29, 0.717) is 83.0 Å². The number of rotatable bonds is 29. The van der Waals surface area contributed by atoms with Crippen molar-refractivity contribution in [2.24, 2.45) is 16.2 Å². The Labute approximate surface area is 570 Å². The van der Waals surface area contributed by atoms with Crippen LogP contribution in [0.15, 0.2) is 117 Å². The van der Waals surface area contributed by atoms with Crippen molar-refractivity contribution in [1.29, 1.82) is 0 Å². The van der Waals surface area contributed by atoms with Crippen molar-refractivity contribution in [2.75, 3.05) is 113 Å². The van der Waals surface area contributed by atoms with E-state index in [-0.39, 0.29) is 85.6 Å². The molecule has 4 heterocycles. The number of carbonyl (C=O) groups excluding carboxylic acids is 6. The van der Waals surface area contributed by atoms with E-state index >= 15 is 0 Å². The van der Waals surface area contributed by atoms with Gasteiger partial charge >= 0.3 is 11.6 Å². The molecule has 2 atom stereocenters. The first-order chi connectivity index (χ1) is 46.6. The number of nitrogens with zero attached hydrogens (tertiary/aromatic N) is 4. The van der Waals surface area contributed by atoms with Gasteiger partial charge in [-0.15, -0.1) is 11.8 Å². The zero-order valence-corrected chi connectivity index (χ0v) is 57.0. The zero-order valence-electron chi connectivity index (χ0n) is 54.6. The van der Waals surface area contributed by atoms with Crippen LogP contribution >= 0.6 is 11.8 Å². The Balaban J connectivity index is 0.619. The quantitative estimate of drug-likeness (QED) is 0.0112. The number of allylic oxidation sites excluding steroid dienone is 1. The van der Waals surface area contributed by atoms with Crippen LogP contribution in [-0.4, -0.2) is 195 Å². The van der Waals surface area contributed by atoms with E-state index < -0.39 is 107 Å². The molecule has 0 aromatic heterocycles. The lowest BCUT2D eigenvalue weighted by atomic mass is 9.32. The monoisotopic (exact) mass is 1420 g/mol. The second-order valence-electron chi connectivity index (χ2n) is 27.2. The normalized spacial score (nSPS) is 22.6. The Kier molecular flexibility index (Phi) is 22.0. The molecule has 30 heteroatoms. The van der Waals surface area contributed by atoms with Gasteiger partial charge in [0.15, 0.2) is 0 Å². The van der Waals surface area contributed by atoms with Gasteiger partial charge in [-0.2, -0.15) is 13.2 Å². The number of sulfonamides is 1. The van der Waals surface area contributed by atoms with Crippen molar-refractivity contribution < 1.29 is 81.8 Å². The van der Waals surface area contributed by atoms with Crippen molar-refractivity contribution in [3.05, 3.63) is 119 Å². The molecular formula is C68H82F5N9O13S3. The number of halogens is 5. The molecule has 4 aliphatic carbocycles. The maximum atomic E-state index is 14.5. The third-order valence-electron chi connectivity index (χ3n) is 19.8. The number of hydrogen-bond acceptors (Lipinski definition) is 19. The molecule has 4 aliphatic heterocycles. The molecule has 8 aliphatic rings. The maximum Gasteiger partial charge on any atom is 0.501 e. The number of ether oxygens (including phenoxy) is 3. The van der Waals surface area contributed by atoms with Gasteiger partial charge in [0.1, 0.15) is 17.0 Å². The molecule has 6 amide bonds. The number of anilines is 3. The number of hydrogen-bond donors (Lipinski definition) is 5. The predicted octanol–water partition coefficient (Wildman–Crippen LogP) is 8.86. The maximum absolute atomic E-state index is 14.5. The first-order valence-corrected chi connectivity index (χ1v) is 37.0. The van der Waals surface area contributed by atoms with Crippen molar-refractivity contribution in [3.63, 3.8) is 0 Å². The van der Waals surface area contributed by atoms with Crippen LogP contribution in [0.3, 0.4) is 0 Å². The fraction of sp³-hybridized carbons (Fsp3) is 0.529. The first-order valence-electron chi connectivity index (χ1n) is 33.1. The van der Waals surface area contributed by atoms with Gasteiger partial charge in [-0.1, -0.05) is 49.3 Å². The van der Waals surface area contributed by atoms with Crippen molar-refractivity contribution in [2.45, 2.75) is 129 Å². The summed E-state index contributed by atoms with van der Waals surface area (Å²) in [5, 5.41) is 10.9. The van der Waals surface area contributed by atoms with E-state index in [0.717, 1.165) is 66.5 Å². The number of nitrogens with one attached hydrogen (secondary N) is 5. The Hall–Kier alpha value is -7.22. The molecule has 22 nitrogen and oxygen atoms in total. The molecule has 4 aromatic carbocycles. The SMILES string of the molecule is CC1(C)CCC(CN2CCN(c3ccc(C(=O)NS(=O)(=O)c4ccc(N[C@H](CCN5CCC(OC(=O)NCCOCCOCCNc6cccc7c6C(=O)N(C6CCC(=O)NC6=O)C7=O)CC5)CSc5ccccc5)c(S(=O)(=O)C(F)(F)F)c4)cc3)CC2)=C(C23CC(C(F)F)(C2)C3)C1. The molecule has 98 heavy (non-hydrogen) atoms. The topological polar surface area (TPSA) is 271 Å². The third-order valence-corrected chi connectivity index (χ3v) is 23.8. The second kappa shape index (κ2) is 29.9. The minimum absolute atomic E-state index is 0.00885. The summed E-state index contributed by atoms with van der Waals surface area (Å²) < 4.78 is 144. The average Bonchev–Trinajstić information content (AvgIpc) is 0.764. The molecule has 3 saturated heterocycles. The summed E-state index contributed by atoms with van der Waals surface area (Å²) in [5.74, 6) is -3.23. The summed E-state index contributed by atoms with van der Waals surface area (Å²) >= 11 is 1.38. The van der Waals surface area contributed by atoms with Gasteiger partial charge in [0.05, 0.1) is 48.1 Å². The van der Waals surface area contributed by atoms with Crippen LogP contribution in [-0.2, 0) is 43.7 Å². The fourth-order valence-corrected chi connectivity index (χ4v) is 17.5. The van der Waals surface area contributed by atoms with E-state index in [1.54, 1.807) is 24.3 Å². The summed E-state index contributed by atoms with van der Waals surface area (Å²) in [6, 6.07) is 20.7. The Bertz CT molecular complexity index is 3890. The second-order valence-corrected chi connectivity index (χ2v) is 31.9. The molecule has 3 saturated carbocycles. The highest BCUT2D eigenvalue weighted by atomic mass is 32.2. The number of fused-ring (bicyclic) bond motifs is 1. The van der Waals surface area contributed by atoms with Gasteiger partial charge in [0.25, 0.3) is 37.6 Å². The van der Waals surface area contributed by atoms with Gasteiger partial charge in [-0.05, 0) is 142 Å². The van der Waals surface area contributed by atoms with E-state index in [1.165, 1.54) is 41.1 Å². The number of piperidine rings is 2. The molecule has 0 spiro atoms. The van der Waals surface area contributed by atoms with Crippen LogP contribution in [0.25, 0.3) is 0 Å².